The number of alkyl carbamates (subject to hydrolysis) is 1. The number of benzene rings is 1. The number of alkyl halides is 1. The zero-order valence-electron chi connectivity index (χ0n) is 16.2. The lowest BCUT2D eigenvalue weighted by Gasteiger charge is -2.32. The van der Waals surface area contributed by atoms with Crippen molar-refractivity contribution in [1.29, 1.82) is 0 Å². The molecule has 146 valence electrons. The summed E-state index contributed by atoms with van der Waals surface area (Å²) in [5.41, 5.74) is -0.637. The number of rotatable bonds is 7. The number of methoxy groups -OCH3 is 1. The van der Waals surface area contributed by atoms with Gasteiger partial charge in [0, 0.05) is 6.42 Å². The Hall–Kier alpha value is -2.15. The van der Waals surface area contributed by atoms with Crippen LogP contribution in [0.1, 0.15) is 63.1 Å². The number of amides is 1. The number of hydrogen-bond donors (Lipinski definition) is 1. The quantitative estimate of drug-likeness (QED) is 0.577. The van der Waals surface area contributed by atoms with Crippen LogP contribution in [0.3, 0.4) is 0 Å². The van der Waals surface area contributed by atoms with E-state index in [4.69, 9.17) is 9.47 Å². The molecule has 6 nitrogen and oxygen atoms in total. The molecule has 1 amide bonds. The smallest absolute Gasteiger partial charge is 0.409 e. The van der Waals surface area contributed by atoms with Crippen LogP contribution in [-0.2, 0) is 14.2 Å². The molecule has 0 aliphatic rings. The third-order valence-electron chi connectivity index (χ3n) is 3.31. The van der Waals surface area contributed by atoms with Gasteiger partial charge in [0.05, 0.1) is 25.5 Å². The van der Waals surface area contributed by atoms with Gasteiger partial charge in [-0.05, 0) is 52.3 Å². The van der Waals surface area contributed by atoms with E-state index in [0.29, 0.717) is 11.1 Å². The Bertz CT molecular complexity index is 607. The molecule has 1 atom stereocenters. The highest BCUT2D eigenvalue weighted by molar-refractivity contribution is 5.89. The first-order chi connectivity index (χ1) is 12.0. The molecule has 26 heavy (non-hydrogen) atoms. The summed E-state index contributed by atoms with van der Waals surface area (Å²) in [6, 6.07) is 6.53. The van der Waals surface area contributed by atoms with Crippen LogP contribution in [0.4, 0.5) is 9.18 Å². The molecule has 0 heterocycles. The Labute approximate surface area is 154 Å². The largest absolute Gasteiger partial charge is 0.465 e. The predicted octanol–water partition coefficient (Wildman–Crippen LogP) is 4.15. The number of hydrogen-bond acceptors (Lipinski definition) is 5. The molecular formula is C19H28FNO5. The maximum absolute atomic E-state index is 13.0. The minimum absolute atomic E-state index is 0.108. The highest BCUT2D eigenvalue weighted by atomic mass is 19.1. The van der Waals surface area contributed by atoms with Gasteiger partial charge in [-0.3, -0.25) is 9.71 Å². The zero-order chi connectivity index (χ0) is 20.0. The molecule has 1 rings (SSSR count). The van der Waals surface area contributed by atoms with Crippen molar-refractivity contribution >= 4 is 12.1 Å². The highest BCUT2D eigenvalue weighted by Gasteiger charge is 2.29. The molecule has 0 saturated heterocycles. The average molecular weight is 369 g/mol. The van der Waals surface area contributed by atoms with Crippen LogP contribution < -0.4 is 5.32 Å². The minimum atomic E-state index is -1.08. The second-order valence-corrected chi connectivity index (χ2v) is 7.33. The van der Waals surface area contributed by atoms with Gasteiger partial charge in [-0.1, -0.05) is 12.1 Å². The molecule has 7 heteroatoms. The molecule has 0 spiro atoms. The van der Waals surface area contributed by atoms with Crippen molar-refractivity contribution < 1.29 is 28.2 Å². The third-order valence-corrected chi connectivity index (χ3v) is 3.31. The van der Waals surface area contributed by atoms with Gasteiger partial charge in [0.1, 0.15) is 11.3 Å². The van der Waals surface area contributed by atoms with Crippen molar-refractivity contribution in [3.8, 4) is 0 Å². The summed E-state index contributed by atoms with van der Waals surface area (Å²) in [7, 11) is 1.30. The van der Waals surface area contributed by atoms with E-state index in [-0.39, 0.29) is 6.42 Å². The molecule has 0 bridgehead atoms. The van der Waals surface area contributed by atoms with E-state index in [1.54, 1.807) is 58.9 Å². The van der Waals surface area contributed by atoms with Crippen LogP contribution in [0.2, 0.25) is 0 Å². The average Bonchev–Trinajstić information content (AvgIpc) is 2.51. The molecule has 0 saturated carbocycles. The SMILES string of the molecule is COC(=O)c1ccc(C(CCF)OC(C)(C)NC(=O)OC(C)(C)C)cc1. The van der Waals surface area contributed by atoms with E-state index < -0.39 is 36.2 Å². The maximum atomic E-state index is 13.0. The number of nitrogens with one attached hydrogen (secondary N) is 1. The van der Waals surface area contributed by atoms with Gasteiger partial charge in [0.2, 0.25) is 0 Å². The summed E-state index contributed by atoms with van der Waals surface area (Å²) in [5, 5.41) is 2.63. The van der Waals surface area contributed by atoms with Crippen LogP contribution in [-0.4, -0.2) is 37.2 Å². The van der Waals surface area contributed by atoms with Crippen molar-refractivity contribution in [3.05, 3.63) is 35.4 Å². The summed E-state index contributed by atoms with van der Waals surface area (Å²) < 4.78 is 28.8. The van der Waals surface area contributed by atoms with Gasteiger partial charge >= 0.3 is 12.1 Å². The molecule has 1 aromatic rings. The van der Waals surface area contributed by atoms with Gasteiger partial charge in [0.25, 0.3) is 0 Å². The highest BCUT2D eigenvalue weighted by Crippen LogP contribution is 2.27. The van der Waals surface area contributed by atoms with Gasteiger partial charge < -0.3 is 14.2 Å². The maximum Gasteiger partial charge on any atom is 0.409 e. The summed E-state index contributed by atoms with van der Waals surface area (Å²) >= 11 is 0. The molecule has 0 fully saturated rings. The number of halogens is 1. The first-order valence-electron chi connectivity index (χ1n) is 8.40. The molecular weight excluding hydrogens is 341 g/mol. The van der Waals surface area contributed by atoms with Crippen molar-refractivity contribution in [2.75, 3.05) is 13.8 Å². The molecule has 1 unspecified atom stereocenters. The van der Waals surface area contributed by atoms with E-state index in [1.165, 1.54) is 7.11 Å². The van der Waals surface area contributed by atoms with Crippen molar-refractivity contribution in [1.82, 2.24) is 5.32 Å². The Kier molecular flexibility index (Phi) is 7.56. The number of ether oxygens (including phenoxy) is 3. The topological polar surface area (TPSA) is 73.9 Å². The minimum Gasteiger partial charge on any atom is -0.465 e. The first-order valence-corrected chi connectivity index (χ1v) is 8.40. The lowest BCUT2D eigenvalue weighted by molar-refractivity contribution is -0.0979. The monoisotopic (exact) mass is 369 g/mol. The number of carbonyl (C=O) groups is 2. The normalized spacial score (nSPS) is 13.0. The van der Waals surface area contributed by atoms with Crippen molar-refractivity contribution in [2.45, 2.75) is 58.5 Å². The number of carbonyl (C=O) groups excluding carboxylic acids is 2. The van der Waals surface area contributed by atoms with Crippen LogP contribution in [0.25, 0.3) is 0 Å². The fraction of sp³-hybridized carbons (Fsp3) is 0.579. The summed E-state index contributed by atoms with van der Waals surface area (Å²) in [4.78, 5) is 23.5. The molecule has 0 aliphatic carbocycles. The second kappa shape index (κ2) is 8.98. The second-order valence-electron chi connectivity index (χ2n) is 7.33. The molecule has 1 aromatic carbocycles. The lowest BCUT2D eigenvalue weighted by atomic mass is 10.0. The zero-order valence-corrected chi connectivity index (χ0v) is 16.2. The van der Waals surface area contributed by atoms with Crippen molar-refractivity contribution in [3.63, 3.8) is 0 Å². The van der Waals surface area contributed by atoms with Crippen LogP contribution in [0.15, 0.2) is 24.3 Å². The molecule has 0 aliphatic heterocycles. The Morgan fingerprint density at radius 3 is 2.15 bits per heavy atom. The fourth-order valence-electron chi connectivity index (χ4n) is 2.28. The Morgan fingerprint density at radius 2 is 1.69 bits per heavy atom. The Balaban J connectivity index is 2.86. The molecule has 1 N–H and O–H groups in total. The summed E-state index contributed by atoms with van der Waals surface area (Å²) in [6.07, 6.45) is -1.11. The molecule has 0 radical (unpaired) electrons. The third kappa shape index (κ3) is 7.39. The van der Waals surface area contributed by atoms with Gasteiger partial charge in [-0.25, -0.2) is 9.59 Å². The predicted molar refractivity (Wildman–Crippen MR) is 95.6 cm³/mol. The van der Waals surface area contributed by atoms with Crippen molar-refractivity contribution in [2.24, 2.45) is 0 Å². The standard InChI is InChI=1S/C19H28FNO5/c1-18(2,3)26-17(23)21-19(4,5)25-15(11-12-20)13-7-9-14(10-8-13)16(22)24-6/h7-10,15H,11-12H2,1-6H3,(H,21,23). The van der Waals surface area contributed by atoms with E-state index >= 15 is 0 Å². The number of esters is 1. The van der Waals surface area contributed by atoms with Crippen LogP contribution >= 0.6 is 0 Å². The fourth-order valence-corrected chi connectivity index (χ4v) is 2.28. The van der Waals surface area contributed by atoms with Crippen LogP contribution in [0.5, 0.6) is 0 Å². The summed E-state index contributed by atoms with van der Waals surface area (Å²) in [5.74, 6) is -0.452. The van der Waals surface area contributed by atoms with Gasteiger partial charge in [-0.15, -0.1) is 0 Å². The van der Waals surface area contributed by atoms with E-state index in [1.807, 2.05) is 0 Å². The van der Waals surface area contributed by atoms with Gasteiger partial charge in [0.15, 0.2) is 0 Å². The van der Waals surface area contributed by atoms with E-state index in [0.717, 1.165) is 0 Å². The van der Waals surface area contributed by atoms with Gasteiger partial charge in [-0.2, -0.15) is 0 Å². The van der Waals surface area contributed by atoms with E-state index in [9.17, 15) is 14.0 Å². The summed E-state index contributed by atoms with van der Waals surface area (Å²) in [6.45, 7) is 8.00. The molecule has 0 aromatic heterocycles. The van der Waals surface area contributed by atoms with Crippen LogP contribution in [0, 0.1) is 0 Å². The lowest BCUT2D eigenvalue weighted by Crippen LogP contribution is -2.48. The van der Waals surface area contributed by atoms with E-state index in [2.05, 4.69) is 10.1 Å². The first kappa shape index (κ1) is 21.9. The Morgan fingerprint density at radius 1 is 1.12 bits per heavy atom.